The van der Waals surface area contributed by atoms with Crippen molar-refractivity contribution in [3.05, 3.63) is 22.4 Å². The van der Waals surface area contributed by atoms with Gasteiger partial charge in [-0.2, -0.15) is 0 Å². The van der Waals surface area contributed by atoms with Gasteiger partial charge in [-0.15, -0.1) is 11.3 Å². The van der Waals surface area contributed by atoms with Crippen LogP contribution in [0.2, 0.25) is 0 Å². The third kappa shape index (κ3) is 5.94. The van der Waals surface area contributed by atoms with Gasteiger partial charge in [0.05, 0.1) is 0 Å². The maximum atomic E-state index is 3.61. The van der Waals surface area contributed by atoms with E-state index in [1.54, 1.807) is 0 Å². The van der Waals surface area contributed by atoms with E-state index in [9.17, 15) is 0 Å². The number of nitrogens with zero attached hydrogens (tertiary/aromatic N) is 1. The van der Waals surface area contributed by atoms with Gasteiger partial charge in [-0.25, -0.2) is 0 Å². The molecule has 0 spiro atoms. The van der Waals surface area contributed by atoms with E-state index in [4.69, 9.17) is 0 Å². The molecule has 0 aliphatic carbocycles. The van der Waals surface area contributed by atoms with Gasteiger partial charge in [-0.1, -0.05) is 33.8 Å². The Hall–Kier alpha value is -0.380. The molecule has 1 heterocycles. The Balaban J connectivity index is 2.46. The van der Waals surface area contributed by atoms with Gasteiger partial charge < -0.3 is 5.32 Å². The third-order valence-corrected chi connectivity index (χ3v) is 4.75. The number of hydrogen-bond acceptors (Lipinski definition) is 3. The molecule has 20 heavy (non-hydrogen) atoms. The predicted molar refractivity (Wildman–Crippen MR) is 91.4 cm³/mol. The van der Waals surface area contributed by atoms with Gasteiger partial charge in [0.2, 0.25) is 0 Å². The molecular formula is C17H32N2S. The maximum absolute atomic E-state index is 3.61. The zero-order valence-corrected chi connectivity index (χ0v) is 14.7. The van der Waals surface area contributed by atoms with Crippen molar-refractivity contribution < 1.29 is 0 Å². The minimum Gasteiger partial charge on any atom is -0.310 e. The first-order valence-corrected chi connectivity index (χ1v) is 8.95. The van der Waals surface area contributed by atoms with Crippen LogP contribution >= 0.6 is 11.3 Å². The summed E-state index contributed by atoms with van der Waals surface area (Å²) in [4.78, 5) is 4.13. The molecule has 0 aliphatic heterocycles. The van der Waals surface area contributed by atoms with Gasteiger partial charge in [0, 0.05) is 36.6 Å². The van der Waals surface area contributed by atoms with Crippen LogP contribution < -0.4 is 5.32 Å². The highest BCUT2D eigenvalue weighted by atomic mass is 32.1. The van der Waals surface area contributed by atoms with Crippen molar-refractivity contribution in [1.29, 1.82) is 0 Å². The van der Waals surface area contributed by atoms with E-state index in [-0.39, 0.29) is 0 Å². The summed E-state index contributed by atoms with van der Waals surface area (Å²) in [5.41, 5.74) is 0. The zero-order chi connectivity index (χ0) is 15.0. The summed E-state index contributed by atoms with van der Waals surface area (Å²) in [6.45, 7) is 14.9. The molecule has 1 aromatic heterocycles. The van der Waals surface area contributed by atoms with Crippen LogP contribution in [-0.2, 0) is 6.54 Å². The molecule has 1 unspecified atom stereocenters. The Kier molecular flexibility index (Phi) is 8.43. The van der Waals surface area contributed by atoms with Crippen molar-refractivity contribution >= 4 is 11.3 Å². The van der Waals surface area contributed by atoms with Crippen LogP contribution in [0.25, 0.3) is 0 Å². The fraction of sp³-hybridized carbons (Fsp3) is 0.765. The van der Waals surface area contributed by atoms with Gasteiger partial charge in [0.1, 0.15) is 0 Å². The molecule has 0 saturated heterocycles. The number of thiophene rings is 1. The second-order valence-electron chi connectivity index (χ2n) is 6.12. The molecule has 1 atom stereocenters. The van der Waals surface area contributed by atoms with Gasteiger partial charge in [-0.3, -0.25) is 4.90 Å². The minimum atomic E-state index is 0.599. The molecule has 0 saturated carbocycles. The van der Waals surface area contributed by atoms with Crippen LogP contribution in [0.1, 0.15) is 52.3 Å². The van der Waals surface area contributed by atoms with E-state index in [2.05, 4.69) is 62.3 Å². The summed E-state index contributed by atoms with van der Waals surface area (Å²) >= 11 is 1.83. The Labute approximate surface area is 129 Å². The van der Waals surface area contributed by atoms with E-state index >= 15 is 0 Å². The lowest BCUT2D eigenvalue weighted by molar-refractivity contribution is 0.116. The molecule has 0 amide bonds. The molecule has 0 radical (unpaired) electrons. The molecule has 116 valence electrons. The fourth-order valence-electron chi connectivity index (χ4n) is 2.80. The molecule has 0 aromatic carbocycles. The smallest absolute Gasteiger partial charge is 0.0300 e. The molecular weight excluding hydrogens is 264 g/mol. The second-order valence-corrected chi connectivity index (χ2v) is 7.15. The third-order valence-electron chi connectivity index (χ3n) is 3.87. The van der Waals surface area contributed by atoms with E-state index in [0.717, 1.165) is 25.0 Å². The van der Waals surface area contributed by atoms with Gasteiger partial charge in [-0.05, 0) is 37.1 Å². The number of rotatable bonds is 10. The normalized spacial score (nSPS) is 13.6. The lowest BCUT2D eigenvalue weighted by Gasteiger charge is -2.37. The van der Waals surface area contributed by atoms with Gasteiger partial charge in [0.25, 0.3) is 0 Å². The Morgan fingerprint density at radius 3 is 2.40 bits per heavy atom. The van der Waals surface area contributed by atoms with Gasteiger partial charge in [0.15, 0.2) is 0 Å². The number of nitrogens with one attached hydrogen (secondary N) is 1. The summed E-state index contributed by atoms with van der Waals surface area (Å²) in [7, 11) is 0. The molecule has 3 heteroatoms. The lowest BCUT2D eigenvalue weighted by Crippen LogP contribution is -2.47. The monoisotopic (exact) mass is 296 g/mol. The molecule has 1 rings (SSSR count). The van der Waals surface area contributed by atoms with Crippen LogP contribution in [0.3, 0.4) is 0 Å². The average molecular weight is 297 g/mol. The molecule has 0 bridgehead atoms. The lowest BCUT2D eigenvalue weighted by atomic mass is 10.0. The van der Waals surface area contributed by atoms with Crippen LogP contribution in [-0.4, -0.2) is 30.1 Å². The predicted octanol–water partition coefficient (Wildman–Crippen LogP) is 4.37. The van der Waals surface area contributed by atoms with E-state index in [0.29, 0.717) is 6.04 Å². The number of hydrogen-bond donors (Lipinski definition) is 1. The first-order chi connectivity index (χ1) is 9.58. The molecule has 1 N–H and O–H groups in total. The topological polar surface area (TPSA) is 15.3 Å². The highest BCUT2D eigenvalue weighted by Crippen LogP contribution is 2.15. The van der Waals surface area contributed by atoms with E-state index in [1.807, 2.05) is 11.3 Å². The van der Waals surface area contributed by atoms with Crippen LogP contribution in [0.5, 0.6) is 0 Å². The summed E-state index contributed by atoms with van der Waals surface area (Å²) < 4.78 is 0. The van der Waals surface area contributed by atoms with Crippen LogP contribution in [0, 0.1) is 5.92 Å². The largest absolute Gasteiger partial charge is 0.310 e. The second kappa shape index (κ2) is 9.54. The van der Waals surface area contributed by atoms with Crippen LogP contribution in [0.15, 0.2) is 17.5 Å². The minimum absolute atomic E-state index is 0.599. The van der Waals surface area contributed by atoms with Crippen molar-refractivity contribution in [2.45, 2.75) is 66.1 Å². The van der Waals surface area contributed by atoms with Crippen molar-refractivity contribution in [3.8, 4) is 0 Å². The first-order valence-electron chi connectivity index (χ1n) is 8.07. The van der Waals surface area contributed by atoms with Crippen molar-refractivity contribution in [1.82, 2.24) is 10.2 Å². The quantitative estimate of drug-likeness (QED) is 0.689. The zero-order valence-electron chi connectivity index (χ0n) is 13.9. The summed E-state index contributed by atoms with van der Waals surface area (Å²) in [6.07, 6.45) is 2.50. The summed E-state index contributed by atoms with van der Waals surface area (Å²) in [5.74, 6) is 0.732. The first kappa shape index (κ1) is 17.7. The molecule has 1 aromatic rings. The standard InChI is InChI=1S/C17H32N2S/c1-6-16(7-2)19(13-14(3)4)15(5)11-18-12-17-9-8-10-20-17/h8-10,14-16,18H,6-7,11-13H2,1-5H3. The maximum Gasteiger partial charge on any atom is 0.0300 e. The van der Waals surface area contributed by atoms with Crippen molar-refractivity contribution in [2.75, 3.05) is 13.1 Å². The molecule has 2 nitrogen and oxygen atoms in total. The Bertz CT molecular complexity index is 331. The SMILES string of the molecule is CCC(CC)N(CC(C)C)C(C)CNCc1cccs1. The average Bonchev–Trinajstić information content (AvgIpc) is 2.91. The molecule has 0 aliphatic rings. The summed E-state index contributed by atoms with van der Waals surface area (Å²) in [6, 6.07) is 5.65. The van der Waals surface area contributed by atoms with Crippen molar-refractivity contribution in [3.63, 3.8) is 0 Å². The van der Waals surface area contributed by atoms with Crippen molar-refractivity contribution in [2.24, 2.45) is 5.92 Å². The highest BCUT2D eigenvalue weighted by molar-refractivity contribution is 7.09. The van der Waals surface area contributed by atoms with E-state index in [1.165, 1.54) is 24.3 Å². The molecule has 0 fully saturated rings. The van der Waals surface area contributed by atoms with Gasteiger partial charge >= 0.3 is 0 Å². The fourth-order valence-corrected chi connectivity index (χ4v) is 3.48. The van der Waals surface area contributed by atoms with E-state index < -0.39 is 0 Å². The highest BCUT2D eigenvalue weighted by Gasteiger charge is 2.21. The Morgan fingerprint density at radius 1 is 1.20 bits per heavy atom. The van der Waals surface area contributed by atoms with Crippen LogP contribution in [0.4, 0.5) is 0 Å². The Morgan fingerprint density at radius 2 is 1.90 bits per heavy atom. The summed E-state index contributed by atoms with van der Waals surface area (Å²) in [5, 5.41) is 5.76.